The van der Waals surface area contributed by atoms with E-state index >= 15 is 0 Å². The molecule has 3 aromatic carbocycles. The van der Waals surface area contributed by atoms with Gasteiger partial charge in [0.1, 0.15) is 17.2 Å². The average molecular weight is 360 g/mol. The lowest BCUT2D eigenvalue weighted by molar-refractivity contribution is 0.177. The highest BCUT2D eigenvalue weighted by atomic mass is 16.5. The lowest BCUT2D eigenvalue weighted by atomic mass is 10.1. The summed E-state index contributed by atoms with van der Waals surface area (Å²) in [6.45, 7) is 8.08. The van der Waals surface area contributed by atoms with Gasteiger partial charge >= 0.3 is 0 Å². The van der Waals surface area contributed by atoms with Crippen LogP contribution >= 0.6 is 0 Å². The number of hydrogen-bond donors (Lipinski definition) is 2. The van der Waals surface area contributed by atoms with Gasteiger partial charge in [0.2, 0.25) is 0 Å². The third-order valence-electron chi connectivity index (χ3n) is 4.02. The first kappa shape index (κ1) is 18.4. The first-order valence-electron chi connectivity index (χ1n) is 9.04. The van der Waals surface area contributed by atoms with Crippen LogP contribution in [0.3, 0.4) is 0 Å². The molecule has 1 aliphatic rings. The molecule has 3 aromatic rings. The molecule has 138 valence electrons. The topological polar surface area (TPSA) is 56.5 Å². The minimum Gasteiger partial charge on any atom is -0.466 e. The monoisotopic (exact) mass is 360 g/mol. The van der Waals surface area contributed by atoms with E-state index in [1.54, 1.807) is 0 Å². The smallest absolute Gasteiger partial charge is 0.196 e. The fraction of sp³-hybridized carbons (Fsp3) is 0.130. The van der Waals surface area contributed by atoms with Crippen molar-refractivity contribution in [1.29, 1.82) is 0 Å². The molecule has 27 heavy (non-hydrogen) atoms. The predicted octanol–water partition coefficient (Wildman–Crippen LogP) is 5.74. The fourth-order valence-electron chi connectivity index (χ4n) is 2.80. The standard InChI is InChI=1S/C21H18N2O2.C2H6/c1-14-19-13-16(22)10-11-20(19)25-21(23-14)15-6-5-9-18(12-15)24-17-7-3-2-4-8-17;1-2/h2-13,21,23H,1,22H2;1-2H3. The number of anilines is 1. The third kappa shape index (κ3) is 4.23. The number of benzene rings is 3. The van der Waals surface area contributed by atoms with Crippen molar-refractivity contribution in [2.45, 2.75) is 20.1 Å². The zero-order chi connectivity index (χ0) is 19.2. The van der Waals surface area contributed by atoms with Crippen LogP contribution in [0.1, 0.15) is 31.2 Å². The van der Waals surface area contributed by atoms with Crippen molar-refractivity contribution in [3.8, 4) is 17.2 Å². The van der Waals surface area contributed by atoms with Gasteiger partial charge < -0.3 is 20.5 Å². The Morgan fingerprint density at radius 3 is 2.44 bits per heavy atom. The van der Waals surface area contributed by atoms with E-state index < -0.39 is 0 Å². The molecule has 4 heteroatoms. The average Bonchev–Trinajstić information content (AvgIpc) is 2.71. The SMILES string of the molecule is C=C1NC(c2cccc(Oc3ccccc3)c2)Oc2ccc(N)cc21.CC. The van der Waals surface area contributed by atoms with E-state index in [0.717, 1.165) is 34.1 Å². The highest BCUT2D eigenvalue weighted by Crippen LogP contribution is 2.36. The van der Waals surface area contributed by atoms with Crippen LogP contribution in [0.25, 0.3) is 5.70 Å². The number of para-hydroxylation sites is 1. The van der Waals surface area contributed by atoms with Gasteiger partial charge in [-0.3, -0.25) is 0 Å². The molecule has 1 aliphatic heterocycles. The Morgan fingerprint density at radius 1 is 0.926 bits per heavy atom. The number of nitrogen functional groups attached to an aromatic ring is 1. The molecule has 0 fully saturated rings. The maximum absolute atomic E-state index is 6.07. The number of ether oxygens (including phenoxy) is 2. The molecule has 0 saturated heterocycles. The highest BCUT2D eigenvalue weighted by Gasteiger charge is 2.23. The van der Waals surface area contributed by atoms with Gasteiger partial charge in [0.05, 0.1) is 0 Å². The minimum atomic E-state index is -0.331. The molecule has 0 amide bonds. The van der Waals surface area contributed by atoms with Crippen molar-refractivity contribution in [2.24, 2.45) is 0 Å². The molecule has 4 rings (SSSR count). The Labute approximate surface area is 160 Å². The van der Waals surface area contributed by atoms with E-state index in [4.69, 9.17) is 15.2 Å². The number of hydrogen-bond acceptors (Lipinski definition) is 4. The predicted molar refractivity (Wildman–Crippen MR) is 111 cm³/mol. The Kier molecular flexibility index (Phi) is 5.67. The summed E-state index contributed by atoms with van der Waals surface area (Å²) in [6, 6.07) is 23.0. The Bertz CT molecular complexity index is 923. The number of nitrogens with two attached hydrogens (primary N) is 1. The minimum absolute atomic E-state index is 0.331. The molecule has 0 spiro atoms. The van der Waals surface area contributed by atoms with Crippen molar-refractivity contribution in [3.63, 3.8) is 0 Å². The van der Waals surface area contributed by atoms with Crippen molar-refractivity contribution >= 4 is 11.4 Å². The van der Waals surface area contributed by atoms with Gasteiger partial charge in [-0.15, -0.1) is 0 Å². The second-order valence-electron chi connectivity index (χ2n) is 5.86. The van der Waals surface area contributed by atoms with E-state index in [1.165, 1.54) is 0 Å². The van der Waals surface area contributed by atoms with E-state index in [1.807, 2.05) is 86.6 Å². The molecule has 0 aromatic heterocycles. The van der Waals surface area contributed by atoms with E-state index in [-0.39, 0.29) is 6.23 Å². The summed E-state index contributed by atoms with van der Waals surface area (Å²) in [5, 5.41) is 3.28. The second-order valence-corrected chi connectivity index (χ2v) is 5.86. The Balaban J connectivity index is 0.00000102. The molecule has 0 bridgehead atoms. The summed E-state index contributed by atoms with van der Waals surface area (Å²) in [4.78, 5) is 0. The molecule has 0 saturated carbocycles. The summed E-state index contributed by atoms with van der Waals surface area (Å²) in [5.41, 5.74) is 9.15. The van der Waals surface area contributed by atoms with Gasteiger partial charge in [-0.05, 0) is 42.5 Å². The van der Waals surface area contributed by atoms with E-state index in [2.05, 4.69) is 11.9 Å². The van der Waals surface area contributed by atoms with Crippen LogP contribution in [0.5, 0.6) is 17.2 Å². The number of fused-ring (bicyclic) bond motifs is 1. The molecule has 1 atom stereocenters. The van der Waals surface area contributed by atoms with Crippen molar-refractivity contribution in [3.05, 3.63) is 90.5 Å². The molecule has 0 radical (unpaired) electrons. The largest absolute Gasteiger partial charge is 0.466 e. The van der Waals surface area contributed by atoms with E-state index in [9.17, 15) is 0 Å². The molecular formula is C23H24N2O2. The normalized spacial score (nSPS) is 14.7. The zero-order valence-electron chi connectivity index (χ0n) is 15.6. The molecule has 3 N–H and O–H groups in total. The number of nitrogens with one attached hydrogen (secondary N) is 1. The molecule has 1 unspecified atom stereocenters. The maximum Gasteiger partial charge on any atom is 0.196 e. The summed E-state index contributed by atoms with van der Waals surface area (Å²) in [6.07, 6.45) is -0.331. The summed E-state index contributed by atoms with van der Waals surface area (Å²) < 4.78 is 12.0. The van der Waals surface area contributed by atoms with Gasteiger partial charge in [-0.25, -0.2) is 0 Å². The van der Waals surface area contributed by atoms with Gasteiger partial charge in [0.25, 0.3) is 0 Å². The van der Waals surface area contributed by atoms with Gasteiger partial charge in [0.15, 0.2) is 6.23 Å². The van der Waals surface area contributed by atoms with Crippen LogP contribution in [-0.4, -0.2) is 0 Å². The van der Waals surface area contributed by atoms with Crippen LogP contribution in [0.4, 0.5) is 5.69 Å². The van der Waals surface area contributed by atoms with Crippen LogP contribution in [0, 0.1) is 0 Å². The zero-order valence-corrected chi connectivity index (χ0v) is 15.6. The molecule has 1 heterocycles. The fourth-order valence-corrected chi connectivity index (χ4v) is 2.80. The molecule has 4 nitrogen and oxygen atoms in total. The van der Waals surface area contributed by atoms with Crippen molar-refractivity contribution in [2.75, 3.05) is 5.73 Å². The molecule has 0 aliphatic carbocycles. The van der Waals surface area contributed by atoms with Crippen LogP contribution < -0.4 is 20.5 Å². The quantitative estimate of drug-likeness (QED) is 0.585. The summed E-state index contributed by atoms with van der Waals surface area (Å²) in [7, 11) is 0. The van der Waals surface area contributed by atoms with Crippen molar-refractivity contribution in [1.82, 2.24) is 5.32 Å². The van der Waals surface area contributed by atoms with Gasteiger partial charge in [-0.2, -0.15) is 0 Å². The van der Waals surface area contributed by atoms with Crippen LogP contribution in [0.2, 0.25) is 0 Å². The lowest BCUT2D eigenvalue weighted by Gasteiger charge is -2.30. The Hall–Kier alpha value is -3.40. The summed E-state index contributed by atoms with van der Waals surface area (Å²) >= 11 is 0. The highest BCUT2D eigenvalue weighted by molar-refractivity contribution is 5.72. The summed E-state index contributed by atoms with van der Waals surface area (Å²) in [5.74, 6) is 2.31. The van der Waals surface area contributed by atoms with E-state index in [0.29, 0.717) is 5.69 Å². The third-order valence-corrected chi connectivity index (χ3v) is 4.02. The van der Waals surface area contributed by atoms with Gasteiger partial charge in [0, 0.05) is 22.5 Å². The Morgan fingerprint density at radius 2 is 1.67 bits per heavy atom. The second kappa shape index (κ2) is 8.32. The van der Waals surface area contributed by atoms with Crippen molar-refractivity contribution < 1.29 is 9.47 Å². The van der Waals surface area contributed by atoms with Crippen LogP contribution in [0.15, 0.2) is 79.4 Å². The van der Waals surface area contributed by atoms with Crippen LogP contribution in [-0.2, 0) is 0 Å². The number of rotatable bonds is 3. The maximum atomic E-state index is 6.07. The first-order valence-corrected chi connectivity index (χ1v) is 9.04. The molecular weight excluding hydrogens is 336 g/mol. The first-order chi connectivity index (χ1) is 13.2. The van der Waals surface area contributed by atoms with Gasteiger partial charge in [-0.1, -0.05) is 50.8 Å². The lowest BCUT2D eigenvalue weighted by Crippen LogP contribution is -2.29.